The third-order valence-electron chi connectivity index (χ3n) is 4.86. The van der Waals surface area contributed by atoms with Gasteiger partial charge < -0.3 is 24.7 Å². The first-order valence-corrected chi connectivity index (χ1v) is 9.59. The number of phenolic OH excluding ortho intramolecular Hbond substituents is 1. The summed E-state index contributed by atoms with van der Waals surface area (Å²) in [6.45, 7) is 2.32. The average Bonchev–Trinajstić information content (AvgIpc) is 3.06. The Kier molecular flexibility index (Phi) is 5.27. The number of aromatic nitrogens is 2. The van der Waals surface area contributed by atoms with Crippen molar-refractivity contribution in [2.75, 3.05) is 13.2 Å². The van der Waals surface area contributed by atoms with Crippen molar-refractivity contribution in [1.29, 1.82) is 0 Å². The van der Waals surface area contributed by atoms with E-state index < -0.39 is 0 Å². The van der Waals surface area contributed by atoms with Crippen LogP contribution in [0.4, 0.5) is 0 Å². The Balaban J connectivity index is 1.36. The summed E-state index contributed by atoms with van der Waals surface area (Å²) in [5, 5.41) is 13.2. The van der Waals surface area contributed by atoms with Gasteiger partial charge in [-0.1, -0.05) is 30.3 Å². The third kappa shape index (κ3) is 4.23. The van der Waals surface area contributed by atoms with Gasteiger partial charge in [0.25, 0.3) is 0 Å². The third-order valence-corrected chi connectivity index (χ3v) is 5.18. The number of benzene rings is 2. The molecule has 0 bridgehead atoms. The van der Waals surface area contributed by atoms with Crippen LogP contribution in [-0.4, -0.2) is 27.8 Å². The van der Waals surface area contributed by atoms with Gasteiger partial charge in [-0.05, 0) is 41.5 Å². The first-order chi connectivity index (χ1) is 13.2. The van der Waals surface area contributed by atoms with Crippen molar-refractivity contribution in [3.63, 3.8) is 0 Å². The fraction of sp³-hybridized carbons (Fsp3) is 0.286. The van der Waals surface area contributed by atoms with Crippen LogP contribution in [0.2, 0.25) is 0 Å². The molecule has 0 spiro atoms. The van der Waals surface area contributed by atoms with E-state index in [2.05, 4.69) is 45.3 Å². The second kappa shape index (κ2) is 7.98. The lowest BCUT2D eigenvalue weighted by molar-refractivity contribution is 0.222. The molecule has 0 radical (unpaired) electrons. The van der Waals surface area contributed by atoms with Gasteiger partial charge in [0, 0.05) is 37.8 Å². The van der Waals surface area contributed by atoms with Crippen LogP contribution in [-0.2, 0) is 19.4 Å². The molecular formula is C21H23N3O2S. The van der Waals surface area contributed by atoms with Gasteiger partial charge in [-0.3, -0.25) is 0 Å². The molecule has 140 valence electrons. The lowest BCUT2D eigenvalue weighted by Gasteiger charge is -2.26. The Bertz CT molecular complexity index is 965. The molecule has 0 aliphatic carbocycles. The van der Waals surface area contributed by atoms with E-state index in [0.717, 1.165) is 42.9 Å². The van der Waals surface area contributed by atoms with Crippen LogP contribution in [0.15, 0.2) is 54.7 Å². The molecule has 1 aliphatic heterocycles. The molecule has 1 atom stereocenters. The van der Waals surface area contributed by atoms with Gasteiger partial charge in [-0.15, -0.1) is 0 Å². The van der Waals surface area contributed by atoms with Crippen molar-refractivity contribution in [2.45, 2.75) is 25.4 Å². The van der Waals surface area contributed by atoms with Crippen molar-refractivity contribution < 1.29 is 9.84 Å². The zero-order valence-electron chi connectivity index (χ0n) is 15.0. The van der Waals surface area contributed by atoms with Gasteiger partial charge in [-0.25, -0.2) is 0 Å². The summed E-state index contributed by atoms with van der Waals surface area (Å²) in [4.78, 5) is 3.31. The lowest BCUT2D eigenvalue weighted by Crippen LogP contribution is -2.24. The van der Waals surface area contributed by atoms with E-state index in [1.165, 1.54) is 5.56 Å². The minimum absolute atomic E-state index is 0.133. The number of rotatable bonds is 6. The lowest BCUT2D eigenvalue weighted by atomic mass is 10.0. The minimum atomic E-state index is 0.133. The van der Waals surface area contributed by atoms with E-state index in [-0.39, 0.29) is 11.8 Å². The number of fused-ring (bicyclic) bond motifs is 1. The molecule has 0 amide bonds. The van der Waals surface area contributed by atoms with E-state index >= 15 is 0 Å². The van der Waals surface area contributed by atoms with Crippen LogP contribution in [0.25, 0.3) is 0 Å². The van der Waals surface area contributed by atoms with Crippen LogP contribution in [0.5, 0.6) is 11.5 Å². The molecule has 27 heavy (non-hydrogen) atoms. The Hall–Kier alpha value is -2.57. The summed E-state index contributed by atoms with van der Waals surface area (Å²) >= 11 is 5.52. The van der Waals surface area contributed by atoms with E-state index in [4.69, 9.17) is 17.0 Å². The minimum Gasteiger partial charge on any atom is -0.508 e. The average molecular weight is 382 g/mol. The normalized spacial score (nSPS) is 15.9. The largest absolute Gasteiger partial charge is 0.508 e. The molecule has 0 saturated heterocycles. The molecule has 4 rings (SSSR count). The number of nitrogens with zero attached hydrogens (tertiary/aromatic N) is 1. The summed E-state index contributed by atoms with van der Waals surface area (Å²) in [6, 6.07) is 15.8. The summed E-state index contributed by atoms with van der Waals surface area (Å²) in [6.07, 6.45) is 3.77. The maximum atomic E-state index is 9.71. The molecule has 3 aromatic rings. The quantitative estimate of drug-likeness (QED) is 0.449. The smallest absolute Gasteiger partial charge is 0.177 e. The van der Waals surface area contributed by atoms with Crippen LogP contribution < -0.4 is 10.1 Å². The molecule has 2 aromatic carbocycles. The van der Waals surface area contributed by atoms with Crippen LogP contribution >= 0.6 is 12.2 Å². The fourth-order valence-corrected chi connectivity index (χ4v) is 3.79. The van der Waals surface area contributed by atoms with Crippen molar-refractivity contribution in [1.82, 2.24) is 14.9 Å². The van der Waals surface area contributed by atoms with E-state index in [0.29, 0.717) is 11.4 Å². The van der Waals surface area contributed by atoms with E-state index in [9.17, 15) is 5.11 Å². The van der Waals surface area contributed by atoms with Crippen LogP contribution in [0, 0.1) is 4.77 Å². The number of hydrogen-bond donors (Lipinski definition) is 3. The number of nitrogens with one attached hydrogen (secondary N) is 2. The highest BCUT2D eigenvalue weighted by Crippen LogP contribution is 2.32. The van der Waals surface area contributed by atoms with Crippen molar-refractivity contribution in [2.24, 2.45) is 0 Å². The standard InChI is InChI=1S/C21H23N3O2S/c25-19-6-7-20-16(11-19)10-18(14-26-20)24-13-17(23-21(24)27)8-9-22-12-15-4-2-1-3-5-15/h1-7,11,13,18,22,25H,8-10,12,14H2,(H,23,27)/t18-/m1/s1. The summed E-state index contributed by atoms with van der Waals surface area (Å²) in [5.74, 6) is 1.11. The zero-order chi connectivity index (χ0) is 18.6. The topological polar surface area (TPSA) is 62.2 Å². The van der Waals surface area contributed by atoms with E-state index in [1.807, 2.05) is 12.1 Å². The highest BCUT2D eigenvalue weighted by Gasteiger charge is 2.22. The Morgan fingerprint density at radius 3 is 2.93 bits per heavy atom. The maximum Gasteiger partial charge on any atom is 0.177 e. The number of phenols is 1. The monoisotopic (exact) mass is 381 g/mol. The first-order valence-electron chi connectivity index (χ1n) is 9.18. The predicted octanol–water partition coefficient (Wildman–Crippen LogP) is 3.76. The molecule has 0 fully saturated rings. The fourth-order valence-electron chi connectivity index (χ4n) is 3.45. The van der Waals surface area contributed by atoms with Gasteiger partial charge in [0.15, 0.2) is 4.77 Å². The highest BCUT2D eigenvalue weighted by atomic mass is 32.1. The molecule has 3 N–H and O–H groups in total. The molecule has 6 heteroatoms. The Labute approximate surface area is 163 Å². The van der Waals surface area contributed by atoms with Crippen molar-refractivity contribution in [3.8, 4) is 11.5 Å². The number of H-pyrrole nitrogens is 1. The van der Waals surface area contributed by atoms with Gasteiger partial charge in [0.05, 0.1) is 6.04 Å². The van der Waals surface area contributed by atoms with Crippen LogP contribution in [0.1, 0.15) is 22.9 Å². The number of aromatic hydroxyl groups is 1. The number of hydrogen-bond acceptors (Lipinski definition) is 4. The van der Waals surface area contributed by atoms with E-state index in [1.54, 1.807) is 12.1 Å². The predicted molar refractivity (Wildman–Crippen MR) is 108 cm³/mol. The van der Waals surface area contributed by atoms with Crippen LogP contribution in [0.3, 0.4) is 0 Å². The second-order valence-corrected chi connectivity index (χ2v) is 7.25. The summed E-state index contributed by atoms with van der Waals surface area (Å²) < 4.78 is 8.64. The number of imidazole rings is 1. The molecular weight excluding hydrogens is 358 g/mol. The second-order valence-electron chi connectivity index (χ2n) is 6.87. The maximum absolute atomic E-state index is 9.71. The Morgan fingerprint density at radius 2 is 2.07 bits per heavy atom. The van der Waals surface area contributed by atoms with Crippen molar-refractivity contribution >= 4 is 12.2 Å². The Morgan fingerprint density at radius 1 is 1.22 bits per heavy atom. The van der Waals surface area contributed by atoms with Gasteiger partial charge in [0.1, 0.15) is 18.1 Å². The zero-order valence-corrected chi connectivity index (χ0v) is 15.8. The molecule has 1 aromatic heterocycles. The highest BCUT2D eigenvalue weighted by molar-refractivity contribution is 7.71. The van der Waals surface area contributed by atoms with Gasteiger partial charge >= 0.3 is 0 Å². The van der Waals surface area contributed by atoms with Gasteiger partial charge in [0.2, 0.25) is 0 Å². The number of aromatic amines is 1. The SMILES string of the molecule is Oc1ccc2c(c1)C[C@@H](n1cc(CCNCc3ccccc3)[nH]c1=S)CO2. The molecule has 5 nitrogen and oxygen atoms in total. The van der Waals surface area contributed by atoms with Crippen molar-refractivity contribution in [3.05, 3.63) is 76.3 Å². The van der Waals surface area contributed by atoms with Gasteiger partial charge in [-0.2, -0.15) is 0 Å². The number of ether oxygens (including phenoxy) is 1. The summed E-state index contributed by atoms with van der Waals surface area (Å²) in [5.41, 5.74) is 3.41. The molecule has 1 aliphatic rings. The molecule has 0 unspecified atom stereocenters. The summed E-state index contributed by atoms with van der Waals surface area (Å²) in [7, 11) is 0. The first kappa shape index (κ1) is 17.8. The molecule has 0 saturated carbocycles. The molecule has 2 heterocycles.